The molecule has 2 aliphatic heterocycles. The molecular formula is C20H40Cl2N4. The third-order valence-corrected chi connectivity index (χ3v) is 8.84. The lowest BCUT2D eigenvalue weighted by atomic mass is 9.89. The second-order valence-electron chi connectivity index (χ2n) is 9.66. The van der Waals surface area contributed by atoms with E-state index in [1.54, 1.807) is 0 Å². The van der Waals surface area contributed by atoms with Gasteiger partial charge in [-0.3, -0.25) is 14.7 Å². The molecule has 0 N–H and O–H groups in total. The molecule has 0 aromatic rings. The highest BCUT2D eigenvalue weighted by molar-refractivity contribution is 6.50. The van der Waals surface area contributed by atoms with E-state index in [9.17, 15) is 0 Å². The van der Waals surface area contributed by atoms with Crippen LogP contribution in [0.4, 0.5) is 0 Å². The van der Waals surface area contributed by atoms with Crippen molar-refractivity contribution in [3.8, 4) is 0 Å². The van der Waals surface area contributed by atoms with Gasteiger partial charge >= 0.3 is 0 Å². The van der Waals surface area contributed by atoms with E-state index in [-0.39, 0.29) is 17.1 Å². The molecule has 4 unspecified atom stereocenters. The fourth-order valence-electron chi connectivity index (χ4n) is 4.61. The summed E-state index contributed by atoms with van der Waals surface area (Å²) < 4.78 is -0.840. The Kier molecular flexibility index (Phi) is 7.02. The molecule has 6 heteroatoms. The van der Waals surface area contributed by atoms with Crippen molar-refractivity contribution in [1.82, 2.24) is 19.6 Å². The molecule has 2 rings (SSSR count). The summed E-state index contributed by atoms with van der Waals surface area (Å²) in [5, 5.41) is 0. The molecule has 2 heterocycles. The van der Waals surface area contributed by atoms with Crippen molar-refractivity contribution in [2.45, 2.75) is 75.5 Å². The number of hydrogen-bond donors (Lipinski definition) is 0. The SMILES string of the molecule is CC1CC(C)(C)N2CCN(C)C(C)C(Cl)(Cl)C(C)(C)N(CCN1C)CC2. The lowest BCUT2D eigenvalue weighted by Gasteiger charge is -2.54. The van der Waals surface area contributed by atoms with Gasteiger partial charge in [0, 0.05) is 62.4 Å². The molecule has 0 spiro atoms. The maximum Gasteiger partial charge on any atom is 0.151 e. The van der Waals surface area contributed by atoms with E-state index in [1.165, 1.54) is 6.42 Å². The fraction of sp³-hybridized carbons (Fsp3) is 1.00. The van der Waals surface area contributed by atoms with Crippen LogP contribution in [0.2, 0.25) is 0 Å². The Balaban J connectivity index is 2.45. The molecule has 4 nitrogen and oxygen atoms in total. The number of likely N-dealkylation sites (N-methyl/N-ethyl adjacent to an activating group) is 2. The van der Waals surface area contributed by atoms with Gasteiger partial charge in [-0.15, -0.1) is 0 Å². The molecule has 0 aliphatic carbocycles. The van der Waals surface area contributed by atoms with Crippen LogP contribution in [-0.2, 0) is 0 Å². The largest absolute Gasteiger partial charge is 0.302 e. The van der Waals surface area contributed by atoms with Crippen LogP contribution in [0.15, 0.2) is 0 Å². The van der Waals surface area contributed by atoms with Crippen molar-refractivity contribution in [2.75, 3.05) is 53.4 Å². The quantitative estimate of drug-likeness (QED) is 0.571. The Bertz CT molecular complexity index is 480. The van der Waals surface area contributed by atoms with Crippen molar-refractivity contribution in [3.05, 3.63) is 0 Å². The van der Waals surface area contributed by atoms with Crippen LogP contribution in [0.25, 0.3) is 0 Å². The molecular weight excluding hydrogens is 367 g/mol. The summed E-state index contributed by atoms with van der Waals surface area (Å²) in [5.41, 5.74) is -0.149. The van der Waals surface area contributed by atoms with Gasteiger partial charge in [-0.25, -0.2) is 0 Å². The van der Waals surface area contributed by atoms with Crippen molar-refractivity contribution >= 4 is 23.2 Å². The van der Waals surface area contributed by atoms with Crippen molar-refractivity contribution in [3.63, 3.8) is 0 Å². The number of rotatable bonds is 0. The topological polar surface area (TPSA) is 13.0 Å². The third kappa shape index (κ3) is 4.36. The van der Waals surface area contributed by atoms with Gasteiger partial charge in [-0.2, -0.15) is 0 Å². The summed E-state index contributed by atoms with van der Waals surface area (Å²) >= 11 is 14.1. The van der Waals surface area contributed by atoms with Gasteiger partial charge in [0.2, 0.25) is 0 Å². The first-order valence-electron chi connectivity index (χ1n) is 10.1. The van der Waals surface area contributed by atoms with Crippen molar-refractivity contribution < 1.29 is 0 Å². The monoisotopic (exact) mass is 406 g/mol. The molecule has 0 aromatic heterocycles. The number of fused-ring (bicyclic) bond motifs is 3. The minimum absolute atomic E-state index is 0.0750. The molecule has 2 aliphatic rings. The zero-order valence-electron chi connectivity index (χ0n) is 18.1. The lowest BCUT2D eigenvalue weighted by molar-refractivity contribution is -0.00590. The summed E-state index contributed by atoms with van der Waals surface area (Å²) in [6.07, 6.45) is 1.18. The molecule has 2 fully saturated rings. The highest BCUT2D eigenvalue weighted by Crippen LogP contribution is 2.43. The van der Waals surface area contributed by atoms with Crippen molar-refractivity contribution in [2.24, 2.45) is 0 Å². The van der Waals surface area contributed by atoms with E-state index in [0.717, 1.165) is 39.3 Å². The van der Waals surface area contributed by atoms with Gasteiger partial charge in [0.25, 0.3) is 0 Å². The second-order valence-corrected chi connectivity index (χ2v) is 11.0. The fourth-order valence-corrected chi connectivity index (χ4v) is 5.18. The maximum absolute atomic E-state index is 7.05. The first-order valence-corrected chi connectivity index (χ1v) is 10.8. The van der Waals surface area contributed by atoms with Crippen LogP contribution in [0.3, 0.4) is 0 Å². The standard InChI is InChI=1S/C20H40Cl2N4/c1-16-15-18(3,4)25-11-10-24(8)17(2)20(21,22)19(5,6)26(14-13-25)12-9-23(16)7/h16-17H,9-15H2,1-8H3. The minimum atomic E-state index is -0.840. The Morgan fingerprint density at radius 2 is 1.19 bits per heavy atom. The average molecular weight is 407 g/mol. The first kappa shape index (κ1) is 22.7. The number of hydrogen-bond acceptors (Lipinski definition) is 4. The van der Waals surface area contributed by atoms with Gasteiger partial charge < -0.3 is 4.90 Å². The third-order valence-electron chi connectivity index (χ3n) is 7.28. The van der Waals surface area contributed by atoms with Crippen LogP contribution >= 0.6 is 23.2 Å². The van der Waals surface area contributed by atoms with Gasteiger partial charge in [0.1, 0.15) is 0 Å². The van der Waals surface area contributed by atoms with E-state index in [4.69, 9.17) is 23.2 Å². The zero-order chi connectivity index (χ0) is 19.9. The lowest BCUT2D eigenvalue weighted by Crippen LogP contribution is -2.66. The van der Waals surface area contributed by atoms with E-state index in [2.05, 4.69) is 75.2 Å². The predicted octanol–water partition coefficient (Wildman–Crippen LogP) is 3.38. The molecule has 4 atom stereocenters. The van der Waals surface area contributed by atoms with Gasteiger partial charge in [0.15, 0.2) is 4.33 Å². The Morgan fingerprint density at radius 3 is 1.81 bits per heavy atom. The number of nitrogens with zero attached hydrogens (tertiary/aromatic N) is 4. The van der Waals surface area contributed by atoms with Gasteiger partial charge in [-0.1, -0.05) is 23.2 Å². The van der Waals surface area contributed by atoms with E-state index >= 15 is 0 Å². The summed E-state index contributed by atoms with van der Waals surface area (Å²) in [5.74, 6) is 0. The van der Waals surface area contributed by atoms with E-state index in [0.29, 0.717) is 6.04 Å². The van der Waals surface area contributed by atoms with E-state index in [1.807, 2.05) is 0 Å². The van der Waals surface area contributed by atoms with E-state index < -0.39 is 4.33 Å². The molecule has 26 heavy (non-hydrogen) atoms. The van der Waals surface area contributed by atoms with Crippen LogP contribution in [0.5, 0.6) is 0 Å². The number of alkyl halides is 2. The Morgan fingerprint density at radius 1 is 0.731 bits per heavy atom. The Hall–Kier alpha value is 0.420. The van der Waals surface area contributed by atoms with Crippen molar-refractivity contribution in [1.29, 1.82) is 0 Å². The Labute approximate surface area is 171 Å². The first-order chi connectivity index (χ1) is 11.8. The molecule has 2 saturated heterocycles. The second kappa shape index (κ2) is 8.04. The number of halogens is 2. The maximum atomic E-state index is 7.05. The molecule has 0 aromatic carbocycles. The summed E-state index contributed by atoms with van der Waals surface area (Å²) in [4.78, 5) is 10.0. The van der Waals surface area contributed by atoms with Gasteiger partial charge in [0.05, 0.1) is 0 Å². The summed E-state index contributed by atoms with van der Waals surface area (Å²) in [6.45, 7) is 19.8. The highest BCUT2D eigenvalue weighted by Gasteiger charge is 2.51. The van der Waals surface area contributed by atoms with Crippen LogP contribution in [-0.4, -0.2) is 100 Å². The summed E-state index contributed by atoms with van der Waals surface area (Å²) in [6, 6.07) is 0.623. The van der Waals surface area contributed by atoms with Crippen LogP contribution in [0, 0.1) is 0 Å². The molecule has 2 bridgehead atoms. The van der Waals surface area contributed by atoms with Gasteiger partial charge in [-0.05, 0) is 62.1 Å². The minimum Gasteiger partial charge on any atom is -0.302 e. The average Bonchev–Trinajstić information content (AvgIpc) is 2.53. The highest BCUT2D eigenvalue weighted by atomic mass is 35.5. The normalized spacial score (nSPS) is 39.5. The smallest absolute Gasteiger partial charge is 0.151 e. The molecule has 0 amide bonds. The van der Waals surface area contributed by atoms with Crippen LogP contribution in [0.1, 0.15) is 48.0 Å². The predicted molar refractivity (Wildman–Crippen MR) is 115 cm³/mol. The zero-order valence-corrected chi connectivity index (χ0v) is 19.7. The summed E-state index contributed by atoms with van der Waals surface area (Å²) in [7, 11) is 4.40. The molecule has 154 valence electrons. The van der Waals surface area contributed by atoms with Crippen LogP contribution < -0.4 is 0 Å². The molecule has 0 saturated carbocycles. The molecule has 0 radical (unpaired) electrons.